The smallest absolute Gasteiger partial charge is 0.0707 e. The van der Waals surface area contributed by atoms with Gasteiger partial charge in [-0.05, 0) is 23.6 Å². The second kappa shape index (κ2) is 6.17. The highest BCUT2D eigenvalue weighted by Crippen LogP contribution is 2.41. The van der Waals surface area contributed by atoms with Gasteiger partial charge in [0.2, 0.25) is 0 Å². The molecule has 0 spiro atoms. The fourth-order valence-corrected chi connectivity index (χ4v) is 3.33. The van der Waals surface area contributed by atoms with Crippen LogP contribution in [0.1, 0.15) is 23.6 Å². The Morgan fingerprint density at radius 1 is 0.591 bits per heavy atom. The summed E-state index contributed by atoms with van der Waals surface area (Å²) in [6.07, 6.45) is -0.556. The summed E-state index contributed by atoms with van der Waals surface area (Å²) < 4.78 is 0. The van der Waals surface area contributed by atoms with Crippen LogP contribution in [0.25, 0.3) is 0 Å². The van der Waals surface area contributed by atoms with Crippen LogP contribution in [0.4, 0.5) is 0 Å². The molecule has 3 aromatic carbocycles. The number of hydrogen-bond donors (Lipinski definition) is 1. The summed E-state index contributed by atoms with van der Waals surface area (Å²) in [4.78, 5) is 0. The maximum atomic E-state index is 10.8. The average molecular weight is 288 g/mol. The van der Waals surface area contributed by atoms with Gasteiger partial charge in [0, 0.05) is 0 Å². The zero-order valence-electron chi connectivity index (χ0n) is 12.7. The molecule has 110 valence electrons. The fourth-order valence-electron chi connectivity index (χ4n) is 3.33. The molecule has 1 N–H and O–H groups in total. The van der Waals surface area contributed by atoms with Crippen molar-refractivity contribution in [2.24, 2.45) is 0 Å². The van der Waals surface area contributed by atoms with Crippen molar-refractivity contribution in [3.63, 3.8) is 0 Å². The molecule has 0 radical (unpaired) electrons. The summed E-state index contributed by atoms with van der Waals surface area (Å²) >= 11 is 0. The average Bonchev–Trinajstić information content (AvgIpc) is 2.58. The third-order valence-corrected chi connectivity index (χ3v) is 4.31. The molecule has 0 aliphatic carbocycles. The van der Waals surface area contributed by atoms with Crippen molar-refractivity contribution in [1.82, 2.24) is 0 Å². The summed E-state index contributed by atoms with van der Waals surface area (Å²) in [6, 6.07) is 30.7. The van der Waals surface area contributed by atoms with Crippen LogP contribution in [0.5, 0.6) is 0 Å². The number of rotatable bonds is 4. The Morgan fingerprint density at radius 2 is 0.864 bits per heavy atom. The quantitative estimate of drug-likeness (QED) is 0.705. The summed E-state index contributed by atoms with van der Waals surface area (Å²) in [5.41, 5.74) is 2.73. The molecule has 3 rings (SSSR count). The van der Waals surface area contributed by atoms with E-state index in [1.807, 2.05) is 61.5 Å². The van der Waals surface area contributed by atoms with Gasteiger partial charge in [0.25, 0.3) is 0 Å². The maximum absolute atomic E-state index is 10.8. The minimum absolute atomic E-state index is 0.556. The van der Waals surface area contributed by atoms with Crippen LogP contribution >= 0.6 is 0 Å². The number of hydrogen-bond acceptors (Lipinski definition) is 1. The van der Waals surface area contributed by atoms with E-state index in [1.165, 1.54) is 0 Å². The molecule has 0 heterocycles. The predicted octanol–water partition coefficient (Wildman–Crippen LogP) is 4.40. The highest BCUT2D eigenvalue weighted by Gasteiger charge is 2.40. The second-order valence-electron chi connectivity index (χ2n) is 5.58. The van der Waals surface area contributed by atoms with Gasteiger partial charge in [-0.25, -0.2) is 0 Å². The van der Waals surface area contributed by atoms with Crippen LogP contribution in [0.2, 0.25) is 0 Å². The Hall–Kier alpha value is -2.38. The van der Waals surface area contributed by atoms with Gasteiger partial charge in [-0.1, -0.05) is 91.0 Å². The number of aliphatic hydroxyl groups excluding tert-OH is 1. The van der Waals surface area contributed by atoms with Crippen molar-refractivity contribution < 1.29 is 5.11 Å². The van der Waals surface area contributed by atoms with E-state index in [0.717, 1.165) is 16.7 Å². The lowest BCUT2D eigenvalue weighted by Crippen LogP contribution is -2.40. The van der Waals surface area contributed by atoms with Gasteiger partial charge in [-0.15, -0.1) is 0 Å². The van der Waals surface area contributed by atoms with Crippen molar-refractivity contribution in [2.75, 3.05) is 0 Å². The zero-order valence-corrected chi connectivity index (χ0v) is 12.7. The Kier molecular flexibility index (Phi) is 4.08. The normalized spacial score (nSPS) is 12.8. The molecule has 0 fully saturated rings. The molecule has 0 bridgehead atoms. The highest BCUT2D eigenvalue weighted by molar-refractivity contribution is 5.51. The van der Waals surface area contributed by atoms with Gasteiger partial charge in [-0.3, -0.25) is 0 Å². The lowest BCUT2D eigenvalue weighted by Gasteiger charge is -2.38. The minimum atomic E-state index is -0.566. The number of aliphatic hydroxyl groups is 1. The molecular formula is C21H20O. The molecule has 0 saturated carbocycles. The molecule has 1 unspecified atom stereocenters. The van der Waals surface area contributed by atoms with E-state index in [-0.39, 0.29) is 0 Å². The lowest BCUT2D eigenvalue weighted by atomic mass is 9.66. The van der Waals surface area contributed by atoms with Crippen molar-refractivity contribution in [3.8, 4) is 0 Å². The first kappa shape index (κ1) is 14.6. The third kappa shape index (κ3) is 2.34. The first-order valence-electron chi connectivity index (χ1n) is 7.61. The van der Waals surface area contributed by atoms with Crippen LogP contribution < -0.4 is 0 Å². The van der Waals surface area contributed by atoms with Gasteiger partial charge >= 0.3 is 0 Å². The van der Waals surface area contributed by atoms with Crippen LogP contribution in [0.3, 0.4) is 0 Å². The van der Waals surface area contributed by atoms with E-state index in [0.29, 0.717) is 0 Å². The van der Waals surface area contributed by atoms with E-state index < -0.39 is 11.5 Å². The Balaban J connectivity index is 2.34. The monoisotopic (exact) mass is 288 g/mol. The van der Waals surface area contributed by atoms with Crippen molar-refractivity contribution >= 4 is 0 Å². The van der Waals surface area contributed by atoms with E-state index in [1.54, 1.807) is 0 Å². The topological polar surface area (TPSA) is 20.2 Å². The maximum Gasteiger partial charge on any atom is 0.0707 e. The van der Waals surface area contributed by atoms with Gasteiger partial charge in [0.1, 0.15) is 0 Å². The van der Waals surface area contributed by atoms with Crippen molar-refractivity contribution in [3.05, 3.63) is 108 Å². The van der Waals surface area contributed by atoms with Gasteiger partial charge in [0.05, 0.1) is 11.5 Å². The standard InChI is InChI=1S/C21H20O/c1-17(22)21(18-11-5-2-6-12-18,19-13-7-3-8-14-19)20-15-9-4-10-16-20/h2-17,22H,1H3. The Bertz CT molecular complexity index is 606. The van der Waals surface area contributed by atoms with Crippen molar-refractivity contribution in [1.29, 1.82) is 0 Å². The number of benzene rings is 3. The van der Waals surface area contributed by atoms with E-state index in [2.05, 4.69) is 36.4 Å². The summed E-state index contributed by atoms with van der Waals surface area (Å²) in [5.74, 6) is 0. The lowest BCUT2D eigenvalue weighted by molar-refractivity contribution is 0.140. The Morgan fingerprint density at radius 3 is 1.09 bits per heavy atom. The molecule has 1 nitrogen and oxygen atoms in total. The highest BCUT2D eigenvalue weighted by atomic mass is 16.3. The summed E-state index contributed by atoms with van der Waals surface area (Å²) in [7, 11) is 0. The molecular weight excluding hydrogens is 268 g/mol. The van der Waals surface area contributed by atoms with E-state index >= 15 is 0 Å². The molecule has 0 saturated heterocycles. The van der Waals surface area contributed by atoms with Crippen LogP contribution in [0.15, 0.2) is 91.0 Å². The molecule has 0 aliphatic rings. The van der Waals surface area contributed by atoms with Crippen LogP contribution in [0, 0.1) is 0 Å². The molecule has 0 amide bonds. The van der Waals surface area contributed by atoms with Crippen molar-refractivity contribution in [2.45, 2.75) is 18.4 Å². The molecule has 22 heavy (non-hydrogen) atoms. The minimum Gasteiger partial charge on any atom is -0.392 e. The fraction of sp³-hybridized carbons (Fsp3) is 0.143. The zero-order chi connectivity index (χ0) is 15.4. The SMILES string of the molecule is CC(O)C(c1ccccc1)(c1ccccc1)c1ccccc1. The largest absolute Gasteiger partial charge is 0.392 e. The van der Waals surface area contributed by atoms with E-state index in [9.17, 15) is 5.11 Å². The summed E-state index contributed by atoms with van der Waals surface area (Å²) in [5, 5.41) is 10.8. The van der Waals surface area contributed by atoms with Gasteiger partial charge in [-0.2, -0.15) is 0 Å². The molecule has 1 atom stereocenters. The molecule has 0 aromatic heterocycles. The van der Waals surface area contributed by atoms with Crippen LogP contribution in [-0.2, 0) is 5.41 Å². The summed E-state index contributed by atoms with van der Waals surface area (Å²) in [6.45, 7) is 1.87. The van der Waals surface area contributed by atoms with E-state index in [4.69, 9.17) is 0 Å². The third-order valence-electron chi connectivity index (χ3n) is 4.31. The predicted molar refractivity (Wildman–Crippen MR) is 90.9 cm³/mol. The second-order valence-corrected chi connectivity index (χ2v) is 5.58. The molecule has 1 heteroatoms. The van der Waals surface area contributed by atoms with Crippen LogP contribution in [-0.4, -0.2) is 11.2 Å². The van der Waals surface area contributed by atoms with Gasteiger partial charge in [0.15, 0.2) is 0 Å². The Labute approximate surface area is 131 Å². The first-order valence-corrected chi connectivity index (χ1v) is 7.61. The molecule has 0 aliphatic heterocycles. The van der Waals surface area contributed by atoms with Gasteiger partial charge < -0.3 is 5.11 Å². The first-order chi connectivity index (χ1) is 10.8. The molecule has 3 aromatic rings.